The fourth-order valence-electron chi connectivity index (χ4n) is 9.11. The maximum absolute atomic E-state index is 5.32. The quantitative estimate of drug-likeness (QED) is 0.137. The molecule has 0 fully saturated rings. The third-order valence-corrected chi connectivity index (χ3v) is 11.6. The summed E-state index contributed by atoms with van der Waals surface area (Å²) in [5, 5.41) is 2.29. The van der Waals surface area contributed by atoms with Gasteiger partial charge >= 0.3 is 0 Å². The number of anilines is 3. The molecule has 0 saturated carbocycles. The van der Waals surface area contributed by atoms with Gasteiger partial charge in [-0.15, -0.1) is 0 Å². The molecule has 0 atom stereocenters. The van der Waals surface area contributed by atoms with Crippen LogP contribution in [0.3, 0.4) is 0 Å². The van der Waals surface area contributed by atoms with E-state index in [2.05, 4.69) is 186 Å². The first-order valence-electron chi connectivity index (χ1n) is 20.7. The van der Waals surface area contributed by atoms with Crippen molar-refractivity contribution in [2.45, 2.75) is 41.5 Å². The van der Waals surface area contributed by atoms with Crippen LogP contribution in [0, 0.1) is 41.5 Å². The van der Waals surface area contributed by atoms with Crippen LogP contribution < -0.4 is 21.3 Å². The molecular weight excluding hydrogens is 727 g/mol. The zero-order valence-corrected chi connectivity index (χ0v) is 35.1. The molecule has 60 heavy (non-hydrogen) atoms. The largest absolute Gasteiger partial charge is 0.278 e. The van der Waals surface area contributed by atoms with Gasteiger partial charge in [0.1, 0.15) is 0 Å². The Morgan fingerprint density at radius 1 is 0.400 bits per heavy atom. The molecule has 0 aliphatic heterocycles. The van der Waals surface area contributed by atoms with Gasteiger partial charge in [0.15, 0.2) is 11.6 Å². The smallest absolute Gasteiger partial charge is 0.242 e. The summed E-state index contributed by atoms with van der Waals surface area (Å²) in [6, 6.07) is 62.5. The van der Waals surface area contributed by atoms with Gasteiger partial charge in [-0.05, 0) is 82.1 Å². The number of aromatic nitrogens is 3. The molecule has 0 amide bonds. The van der Waals surface area contributed by atoms with Crippen LogP contribution in [0.5, 0.6) is 0 Å². The lowest BCUT2D eigenvalue weighted by atomic mass is 9.34. The second-order valence-corrected chi connectivity index (χ2v) is 16.1. The molecule has 0 N–H and O–H groups in total. The lowest BCUT2D eigenvalue weighted by Crippen LogP contribution is -2.55. The van der Waals surface area contributed by atoms with E-state index in [0.717, 1.165) is 44.4 Å². The summed E-state index contributed by atoms with van der Waals surface area (Å²) in [5.74, 6) is 1.76. The van der Waals surface area contributed by atoms with E-state index in [0.29, 0.717) is 17.6 Å². The standard InChI is InChI=1S/C55H47BN4/c1-36-30-38(3)51(39(4)31-36)56(52-40(5)32-37(2)33-41(52)6)47-26-28-48(29-27-47)60(50-35-46-25-17-16-24-45(46)34-49(50)42-18-10-7-11-19-42)55-58-53(43-20-12-8-13-21-43)57-54(59-55)44-22-14-9-15-23-44/h7-35H,1-6H3. The van der Waals surface area contributed by atoms with E-state index in [1.165, 1.54) is 49.8 Å². The molecule has 9 rings (SSSR count). The Morgan fingerprint density at radius 2 is 0.817 bits per heavy atom. The summed E-state index contributed by atoms with van der Waals surface area (Å²) < 4.78 is 0. The highest BCUT2D eigenvalue weighted by molar-refractivity contribution is 6.96. The van der Waals surface area contributed by atoms with Crippen LogP contribution in [0.25, 0.3) is 44.7 Å². The van der Waals surface area contributed by atoms with Crippen molar-refractivity contribution in [1.29, 1.82) is 0 Å². The van der Waals surface area contributed by atoms with E-state index < -0.39 is 0 Å². The predicted molar refractivity (Wildman–Crippen MR) is 254 cm³/mol. The fourth-order valence-corrected chi connectivity index (χ4v) is 9.11. The third-order valence-electron chi connectivity index (χ3n) is 11.6. The van der Waals surface area contributed by atoms with Crippen molar-refractivity contribution >= 4 is 51.2 Å². The SMILES string of the molecule is Cc1cc(C)c(B(c2ccc(N(c3nc(-c4ccccc4)nc(-c4ccccc4)n3)c3cc4ccccc4cc3-c3ccccc3)cc2)c2c(C)cc(C)cc2C)c(C)c1. The minimum atomic E-state index is 0.0424. The van der Waals surface area contributed by atoms with Crippen LogP contribution in [0.15, 0.2) is 176 Å². The minimum Gasteiger partial charge on any atom is -0.278 e. The summed E-state index contributed by atoms with van der Waals surface area (Å²) in [6.45, 7) is 13.5. The first-order valence-corrected chi connectivity index (χ1v) is 20.7. The van der Waals surface area contributed by atoms with Crippen molar-refractivity contribution < 1.29 is 0 Å². The van der Waals surface area contributed by atoms with E-state index in [-0.39, 0.29) is 6.71 Å². The molecule has 0 spiro atoms. The Morgan fingerprint density at radius 3 is 1.28 bits per heavy atom. The van der Waals surface area contributed by atoms with Gasteiger partial charge in [0.2, 0.25) is 12.7 Å². The average molecular weight is 775 g/mol. The number of hydrogen-bond donors (Lipinski definition) is 0. The van der Waals surface area contributed by atoms with Crippen molar-refractivity contribution in [3.63, 3.8) is 0 Å². The van der Waals surface area contributed by atoms with Gasteiger partial charge in [0.25, 0.3) is 0 Å². The van der Waals surface area contributed by atoms with Crippen LogP contribution in [-0.4, -0.2) is 21.7 Å². The van der Waals surface area contributed by atoms with E-state index in [9.17, 15) is 0 Å². The van der Waals surface area contributed by atoms with Crippen LogP contribution in [0.2, 0.25) is 0 Å². The number of rotatable bonds is 9. The van der Waals surface area contributed by atoms with Gasteiger partial charge in [-0.2, -0.15) is 9.97 Å². The lowest BCUT2D eigenvalue weighted by molar-refractivity contribution is 1.02. The van der Waals surface area contributed by atoms with Crippen LogP contribution in [0.4, 0.5) is 17.3 Å². The third kappa shape index (κ3) is 7.51. The zero-order chi connectivity index (χ0) is 41.3. The Kier molecular flexibility index (Phi) is 10.4. The number of hydrogen-bond acceptors (Lipinski definition) is 4. The molecule has 1 aromatic heterocycles. The maximum Gasteiger partial charge on any atom is 0.242 e. The second-order valence-electron chi connectivity index (χ2n) is 16.1. The Balaban J connectivity index is 1.31. The minimum absolute atomic E-state index is 0.0424. The molecule has 290 valence electrons. The summed E-state index contributed by atoms with van der Waals surface area (Å²) in [6.07, 6.45) is 0. The molecule has 0 bridgehead atoms. The molecule has 0 radical (unpaired) electrons. The molecule has 0 unspecified atom stereocenters. The van der Waals surface area contributed by atoms with Crippen LogP contribution in [-0.2, 0) is 0 Å². The summed E-state index contributed by atoms with van der Waals surface area (Å²) >= 11 is 0. The van der Waals surface area contributed by atoms with Gasteiger partial charge in [0, 0.05) is 22.4 Å². The van der Waals surface area contributed by atoms with Crippen LogP contribution >= 0.6 is 0 Å². The van der Waals surface area contributed by atoms with Gasteiger partial charge < -0.3 is 0 Å². The van der Waals surface area contributed by atoms with Crippen molar-refractivity contribution in [1.82, 2.24) is 15.0 Å². The van der Waals surface area contributed by atoms with Gasteiger partial charge in [-0.25, -0.2) is 4.98 Å². The van der Waals surface area contributed by atoms with Crippen molar-refractivity contribution in [2.75, 3.05) is 4.90 Å². The summed E-state index contributed by atoms with van der Waals surface area (Å²) in [4.78, 5) is 17.9. The Bertz CT molecular complexity index is 2820. The van der Waals surface area contributed by atoms with E-state index in [1.54, 1.807) is 0 Å². The monoisotopic (exact) mass is 774 g/mol. The van der Waals surface area contributed by atoms with Crippen molar-refractivity contribution in [3.8, 4) is 33.9 Å². The van der Waals surface area contributed by atoms with Crippen LogP contribution in [0.1, 0.15) is 33.4 Å². The van der Waals surface area contributed by atoms with Crippen molar-refractivity contribution in [2.24, 2.45) is 0 Å². The molecule has 9 aromatic rings. The number of nitrogens with zero attached hydrogens (tertiary/aromatic N) is 4. The number of aryl methyl sites for hydroxylation is 6. The topological polar surface area (TPSA) is 41.9 Å². The highest BCUT2D eigenvalue weighted by atomic mass is 15.3. The maximum atomic E-state index is 5.32. The average Bonchev–Trinajstić information content (AvgIpc) is 3.26. The molecule has 8 aromatic carbocycles. The molecular formula is C55H47BN4. The normalized spacial score (nSPS) is 11.2. The van der Waals surface area contributed by atoms with Gasteiger partial charge in [0.05, 0.1) is 5.69 Å². The highest BCUT2D eigenvalue weighted by Crippen LogP contribution is 2.42. The van der Waals surface area contributed by atoms with Crippen molar-refractivity contribution in [3.05, 3.63) is 209 Å². The van der Waals surface area contributed by atoms with E-state index >= 15 is 0 Å². The lowest BCUT2D eigenvalue weighted by Gasteiger charge is -2.28. The second kappa shape index (κ2) is 16.3. The molecule has 4 nitrogen and oxygen atoms in total. The highest BCUT2D eigenvalue weighted by Gasteiger charge is 2.30. The molecule has 0 aliphatic carbocycles. The van der Waals surface area contributed by atoms with E-state index in [1.807, 2.05) is 36.4 Å². The molecule has 5 heteroatoms. The number of benzene rings is 8. The predicted octanol–water partition coefficient (Wildman–Crippen LogP) is 11.9. The molecule has 0 saturated heterocycles. The molecule has 0 aliphatic rings. The first-order chi connectivity index (χ1) is 29.2. The Hall–Kier alpha value is -7.11. The Labute approximate surface area is 354 Å². The zero-order valence-electron chi connectivity index (χ0n) is 35.1. The summed E-state index contributed by atoms with van der Waals surface area (Å²) in [7, 11) is 0. The van der Waals surface area contributed by atoms with Gasteiger partial charge in [-0.1, -0.05) is 201 Å². The van der Waals surface area contributed by atoms with E-state index in [4.69, 9.17) is 15.0 Å². The number of fused-ring (bicyclic) bond motifs is 1. The van der Waals surface area contributed by atoms with Gasteiger partial charge in [-0.3, -0.25) is 4.90 Å². The fraction of sp³-hybridized carbons (Fsp3) is 0.109. The molecule has 1 heterocycles. The summed E-state index contributed by atoms with van der Waals surface area (Å²) in [5.41, 5.74) is 17.7. The first kappa shape index (κ1) is 38.4.